The van der Waals surface area contributed by atoms with E-state index in [2.05, 4.69) is 25.1 Å². The Morgan fingerprint density at radius 3 is 2.63 bits per heavy atom. The van der Waals surface area contributed by atoms with Gasteiger partial charge in [0.15, 0.2) is 0 Å². The maximum Gasteiger partial charge on any atom is 0.115 e. The fraction of sp³-hybridized carbons (Fsp3) is 0.625. The Hall–Kier alpha value is -1.06. The normalized spacial score (nSPS) is 25.5. The molecule has 1 aliphatic carbocycles. The fourth-order valence-corrected chi connectivity index (χ4v) is 3.42. The lowest BCUT2D eigenvalue weighted by atomic mass is 9.78. The van der Waals surface area contributed by atoms with Crippen molar-refractivity contribution in [2.75, 3.05) is 21.2 Å². The molecule has 1 aromatic carbocycles. The van der Waals surface area contributed by atoms with Crippen LogP contribution in [0.5, 0.6) is 5.75 Å². The topological polar surface area (TPSA) is 32.7 Å². The molecule has 1 aromatic rings. The molecular formula is C16H25NO2. The monoisotopic (exact) mass is 263 g/mol. The zero-order valence-electron chi connectivity index (χ0n) is 12.2. The van der Waals surface area contributed by atoms with E-state index in [0.717, 1.165) is 6.42 Å². The molecule has 1 unspecified atom stereocenters. The molecule has 1 fully saturated rings. The molecule has 0 heterocycles. The molecule has 3 heteroatoms. The maximum absolute atomic E-state index is 9.72. The number of phenolic OH excluding ortho intramolecular Hbond substituents is 1. The van der Waals surface area contributed by atoms with Gasteiger partial charge in [-0.05, 0) is 44.6 Å². The van der Waals surface area contributed by atoms with Crippen LogP contribution in [0, 0.1) is 5.92 Å². The molecule has 106 valence electrons. The Bertz CT molecular complexity index is 405. The van der Waals surface area contributed by atoms with Crippen molar-refractivity contribution in [3.8, 4) is 5.75 Å². The van der Waals surface area contributed by atoms with Gasteiger partial charge in [-0.25, -0.2) is 0 Å². The molecule has 3 atom stereocenters. The second-order valence-corrected chi connectivity index (χ2v) is 5.73. The van der Waals surface area contributed by atoms with Crippen LogP contribution in [-0.4, -0.2) is 37.3 Å². The molecule has 19 heavy (non-hydrogen) atoms. The Labute approximate surface area is 116 Å². The molecule has 0 amide bonds. The van der Waals surface area contributed by atoms with Gasteiger partial charge in [-0.1, -0.05) is 25.0 Å². The van der Waals surface area contributed by atoms with Crippen molar-refractivity contribution >= 4 is 0 Å². The zero-order chi connectivity index (χ0) is 13.8. The first-order valence-electron chi connectivity index (χ1n) is 7.11. The van der Waals surface area contributed by atoms with Crippen LogP contribution in [-0.2, 0) is 4.74 Å². The van der Waals surface area contributed by atoms with E-state index in [-0.39, 0.29) is 0 Å². The van der Waals surface area contributed by atoms with Gasteiger partial charge in [0.1, 0.15) is 5.75 Å². The predicted octanol–water partition coefficient (Wildman–Crippen LogP) is 3.20. The minimum atomic E-state index is 0.303. The standard InChI is InChI=1S/C16H25NO2/c1-17(2)16(12-7-6-8-13(18)11-12)14-9-4-5-10-15(14)19-3/h6-8,11,14-16,18H,4-5,9-10H2,1-3H3/t14-,15+,16?/m0/s1. The first-order valence-corrected chi connectivity index (χ1v) is 7.11. The molecule has 3 nitrogen and oxygen atoms in total. The summed E-state index contributed by atoms with van der Waals surface area (Å²) in [5, 5.41) is 9.72. The van der Waals surface area contributed by atoms with Crippen LogP contribution in [0.1, 0.15) is 37.3 Å². The van der Waals surface area contributed by atoms with E-state index < -0.39 is 0 Å². The highest BCUT2D eigenvalue weighted by atomic mass is 16.5. The average Bonchev–Trinajstić information content (AvgIpc) is 2.39. The quantitative estimate of drug-likeness (QED) is 0.905. The number of hydrogen-bond acceptors (Lipinski definition) is 3. The zero-order valence-corrected chi connectivity index (χ0v) is 12.2. The smallest absolute Gasteiger partial charge is 0.115 e. The fourth-order valence-electron chi connectivity index (χ4n) is 3.42. The van der Waals surface area contributed by atoms with Crippen molar-refractivity contribution in [1.29, 1.82) is 0 Å². The second kappa shape index (κ2) is 6.40. The van der Waals surface area contributed by atoms with Gasteiger partial charge in [0.05, 0.1) is 6.10 Å². The minimum Gasteiger partial charge on any atom is -0.508 e. The second-order valence-electron chi connectivity index (χ2n) is 5.73. The number of nitrogens with zero attached hydrogens (tertiary/aromatic N) is 1. The summed E-state index contributed by atoms with van der Waals surface area (Å²) < 4.78 is 5.70. The largest absolute Gasteiger partial charge is 0.508 e. The first-order chi connectivity index (χ1) is 9.13. The first kappa shape index (κ1) is 14.4. The third-order valence-electron chi connectivity index (χ3n) is 4.23. The third kappa shape index (κ3) is 3.28. The van der Waals surface area contributed by atoms with E-state index in [4.69, 9.17) is 4.74 Å². The average molecular weight is 263 g/mol. The van der Waals surface area contributed by atoms with Crippen molar-refractivity contribution in [1.82, 2.24) is 4.90 Å². The highest BCUT2D eigenvalue weighted by Crippen LogP contribution is 2.39. The number of methoxy groups -OCH3 is 1. The SMILES string of the molecule is CO[C@@H]1CCCC[C@@H]1C(c1cccc(O)c1)N(C)C. The summed E-state index contributed by atoms with van der Waals surface area (Å²) in [5.74, 6) is 0.838. The summed E-state index contributed by atoms with van der Waals surface area (Å²) in [6.45, 7) is 0. The summed E-state index contributed by atoms with van der Waals surface area (Å²) in [7, 11) is 6.03. The van der Waals surface area contributed by atoms with Crippen molar-refractivity contribution in [2.45, 2.75) is 37.8 Å². The lowest BCUT2D eigenvalue weighted by Crippen LogP contribution is -2.37. The number of hydrogen-bond donors (Lipinski definition) is 1. The molecule has 0 radical (unpaired) electrons. The van der Waals surface area contributed by atoms with Crippen LogP contribution in [0.25, 0.3) is 0 Å². The maximum atomic E-state index is 9.72. The van der Waals surface area contributed by atoms with Crippen LogP contribution in [0.3, 0.4) is 0 Å². The molecule has 0 bridgehead atoms. The highest BCUT2D eigenvalue weighted by molar-refractivity contribution is 5.30. The molecule has 0 aromatic heterocycles. The number of rotatable bonds is 4. The van der Waals surface area contributed by atoms with Crippen LogP contribution < -0.4 is 0 Å². The van der Waals surface area contributed by atoms with Gasteiger partial charge >= 0.3 is 0 Å². The van der Waals surface area contributed by atoms with Gasteiger partial charge in [0.25, 0.3) is 0 Å². The van der Waals surface area contributed by atoms with Gasteiger partial charge in [0.2, 0.25) is 0 Å². The molecular weight excluding hydrogens is 238 g/mol. The van der Waals surface area contributed by atoms with Crippen LogP contribution in [0.15, 0.2) is 24.3 Å². The van der Waals surface area contributed by atoms with Gasteiger partial charge in [-0.15, -0.1) is 0 Å². The summed E-state index contributed by atoms with van der Waals surface area (Å²) >= 11 is 0. The van der Waals surface area contributed by atoms with E-state index >= 15 is 0 Å². The predicted molar refractivity (Wildman–Crippen MR) is 77.3 cm³/mol. The molecule has 0 spiro atoms. The molecule has 1 N–H and O–H groups in total. The lowest BCUT2D eigenvalue weighted by Gasteiger charge is -2.39. The Kier molecular flexibility index (Phi) is 4.83. The number of aromatic hydroxyl groups is 1. The van der Waals surface area contributed by atoms with Crippen molar-refractivity contribution in [3.63, 3.8) is 0 Å². The lowest BCUT2D eigenvalue weighted by molar-refractivity contribution is -0.0109. The summed E-state index contributed by atoms with van der Waals surface area (Å²) in [6.07, 6.45) is 5.19. The van der Waals surface area contributed by atoms with E-state index in [1.165, 1.54) is 24.8 Å². The highest BCUT2D eigenvalue weighted by Gasteiger charge is 2.34. The summed E-state index contributed by atoms with van der Waals surface area (Å²) in [4.78, 5) is 2.25. The number of phenols is 1. The van der Waals surface area contributed by atoms with Crippen LogP contribution in [0.2, 0.25) is 0 Å². The molecule has 0 saturated heterocycles. The molecule has 0 aliphatic heterocycles. The van der Waals surface area contributed by atoms with Crippen molar-refractivity contribution in [2.24, 2.45) is 5.92 Å². The molecule has 2 rings (SSSR count). The minimum absolute atomic E-state index is 0.303. The number of benzene rings is 1. The Morgan fingerprint density at radius 2 is 2.00 bits per heavy atom. The van der Waals surface area contributed by atoms with E-state index in [1.807, 2.05) is 19.2 Å². The Morgan fingerprint density at radius 1 is 1.26 bits per heavy atom. The van der Waals surface area contributed by atoms with Gasteiger partial charge in [-0.3, -0.25) is 0 Å². The van der Waals surface area contributed by atoms with Crippen LogP contribution >= 0.6 is 0 Å². The van der Waals surface area contributed by atoms with Gasteiger partial charge < -0.3 is 14.7 Å². The van der Waals surface area contributed by atoms with Gasteiger partial charge in [0, 0.05) is 19.1 Å². The number of ether oxygens (including phenoxy) is 1. The van der Waals surface area contributed by atoms with E-state index in [0.29, 0.717) is 23.8 Å². The van der Waals surface area contributed by atoms with E-state index in [9.17, 15) is 5.11 Å². The molecule has 1 saturated carbocycles. The van der Waals surface area contributed by atoms with Gasteiger partial charge in [-0.2, -0.15) is 0 Å². The Balaban J connectivity index is 2.28. The molecule has 1 aliphatic rings. The van der Waals surface area contributed by atoms with Crippen molar-refractivity contribution < 1.29 is 9.84 Å². The van der Waals surface area contributed by atoms with Crippen LogP contribution in [0.4, 0.5) is 0 Å². The third-order valence-corrected chi connectivity index (χ3v) is 4.23. The van der Waals surface area contributed by atoms with E-state index in [1.54, 1.807) is 6.07 Å². The summed E-state index contributed by atoms with van der Waals surface area (Å²) in [5.41, 5.74) is 1.18. The summed E-state index contributed by atoms with van der Waals surface area (Å²) in [6, 6.07) is 7.94. The van der Waals surface area contributed by atoms with Crippen molar-refractivity contribution in [3.05, 3.63) is 29.8 Å².